The number of nitrogens with one attached hydrogen (secondary N) is 1. The Morgan fingerprint density at radius 1 is 1.14 bits per heavy atom. The van der Waals surface area contributed by atoms with E-state index in [9.17, 15) is 9.90 Å². The molecule has 1 aromatic carbocycles. The molecular formula is C28H31N3O4S2. The highest BCUT2D eigenvalue weighted by molar-refractivity contribution is 7.16. The second-order valence-corrected chi connectivity index (χ2v) is 11.9. The maximum Gasteiger partial charge on any atom is 0.339 e. The molecule has 194 valence electrons. The van der Waals surface area contributed by atoms with Gasteiger partial charge >= 0.3 is 5.97 Å². The average molecular weight is 538 g/mol. The zero-order chi connectivity index (χ0) is 26.6. The van der Waals surface area contributed by atoms with Crippen LogP contribution >= 0.6 is 22.7 Å². The molecule has 0 unspecified atom stereocenters. The first-order valence-electron chi connectivity index (χ1n) is 11.9. The van der Waals surface area contributed by atoms with E-state index in [1.807, 2.05) is 42.6 Å². The normalized spacial score (nSPS) is 11.5. The molecule has 4 rings (SSSR count). The Hall–Kier alpha value is -3.27. The molecule has 2 N–H and O–H groups in total. The fourth-order valence-electron chi connectivity index (χ4n) is 3.78. The lowest BCUT2D eigenvalue weighted by Gasteiger charge is -2.17. The number of hydrogen-bond acceptors (Lipinski definition) is 8. The maximum absolute atomic E-state index is 12.1. The van der Waals surface area contributed by atoms with E-state index >= 15 is 0 Å². The van der Waals surface area contributed by atoms with E-state index in [-0.39, 0.29) is 16.8 Å². The van der Waals surface area contributed by atoms with Crippen molar-refractivity contribution >= 4 is 39.6 Å². The topological polar surface area (TPSA) is 93.6 Å². The van der Waals surface area contributed by atoms with Crippen molar-refractivity contribution in [1.29, 1.82) is 0 Å². The molecule has 0 saturated heterocycles. The van der Waals surface area contributed by atoms with Crippen LogP contribution < -0.4 is 10.1 Å². The molecule has 37 heavy (non-hydrogen) atoms. The zero-order valence-electron chi connectivity index (χ0n) is 21.6. The number of ether oxygens (including phenoxy) is 2. The SMILES string of the molecule is COCCOc1cc(-c2nc(Nc3ncc(-c4cccs4)cc3C(=O)O)sc2CC(C)(C)C)ccc1C. The minimum atomic E-state index is -1.04. The quantitative estimate of drug-likeness (QED) is 0.205. The fourth-order valence-corrected chi connectivity index (χ4v) is 5.77. The number of hydrogen-bond donors (Lipinski definition) is 2. The van der Waals surface area contributed by atoms with Crippen LogP contribution in [0.2, 0.25) is 0 Å². The molecule has 0 bridgehead atoms. The molecule has 0 radical (unpaired) electrons. The minimum Gasteiger partial charge on any atom is -0.491 e. The molecular weight excluding hydrogens is 506 g/mol. The Kier molecular flexibility index (Phi) is 8.26. The monoisotopic (exact) mass is 537 g/mol. The van der Waals surface area contributed by atoms with Gasteiger partial charge in [-0.1, -0.05) is 39.0 Å². The summed E-state index contributed by atoms with van der Waals surface area (Å²) in [5.41, 5.74) is 3.74. The summed E-state index contributed by atoms with van der Waals surface area (Å²) in [6, 6.07) is 11.6. The summed E-state index contributed by atoms with van der Waals surface area (Å²) in [6.07, 6.45) is 2.50. The lowest BCUT2D eigenvalue weighted by Crippen LogP contribution is -2.09. The number of nitrogens with zero attached hydrogens (tertiary/aromatic N) is 2. The standard InChI is InChI=1S/C28H31N3O4S2/c1-17-8-9-18(14-21(17)35-11-10-34-5)24-23(15-28(2,3)4)37-27(30-24)31-25-20(26(32)33)13-19(16-29-25)22-7-6-12-36-22/h6-9,12-14,16H,10-11,15H2,1-5H3,(H,32,33)(H,29,30,31). The predicted molar refractivity (Wildman–Crippen MR) is 151 cm³/mol. The number of carboxylic acids is 1. The van der Waals surface area contributed by atoms with Gasteiger partial charge in [-0.3, -0.25) is 0 Å². The van der Waals surface area contributed by atoms with Gasteiger partial charge in [0.05, 0.1) is 12.3 Å². The number of rotatable bonds is 10. The van der Waals surface area contributed by atoms with Crippen molar-refractivity contribution in [3.05, 3.63) is 64.0 Å². The number of aromatic nitrogens is 2. The summed E-state index contributed by atoms with van der Waals surface area (Å²) in [4.78, 5) is 23.5. The Balaban J connectivity index is 1.70. The molecule has 7 nitrogen and oxygen atoms in total. The molecule has 0 aliphatic carbocycles. The Morgan fingerprint density at radius 3 is 2.62 bits per heavy atom. The number of benzene rings is 1. The second kappa shape index (κ2) is 11.4. The highest BCUT2D eigenvalue weighted by atomic mass is 32.1. The number of thiophene rings is 1. The van der Waals surface area contributed by atoms with E-state index in [4.69, 9.17) is 14.5 Å². The van der Waals surface area contributed by atoms with E-state index in [0.29, 0.717) is 18.3 Å². The summed E-state index contributed by atoms with van der Waals surface area (Å²) in [5.74, 6) is 0.0113. The molecule has 3 heterocycles. The number of aryl methyl sites for hydroxylation is 1. The van der Waals surface area contributed by atoms with Crippen LogP contribution in [-0.2, 0) is 11.2 Å². The lowest BCUT2D eigenvalue weighted by atomic mass is 9.90. The van der Waals surface area contributed by atoms with Crippen LogP contribution in [0.4, 0.5) is 10.9 Å². The third kappa shape index (κ3) is 6.74. The highest BCUT2D eigenvalue weighted by Gasteiger charge is 2.22. The molecule has 0 atom stereocenters. The molecule has 0 amide bonds. The van der Waals surface area contributed by atoms with Crippen molar-refractivity contribution in [2.45, 2.75) is 34.1 Å². The molecule has 0 fully saturated rings. The molecule has 0 saturated carbocycles. The number of carbonyl (C=O) groups is 1. The Labute approximate surface area is 225 Å². The van der Waals surface area contributed by atoms with Crippen LogP contribution in [0.5, 0.6) is 5.75 Å². The number of aromatic carboxylic acids is 1. The van der Waals surface area contributed by atoms with Crippen LogP contribution in [0, 0.1) is 12.3 Å². The van der Waals surface area contributed by atoms with Gasteiger partial charge < -0.3 is 19.9 Å². The van der Waals surface area contributed by atoms with Crippen molar-refractivity contribution in [2.75, 3.05) is 25.6 Å². The van der Waals surface area contributed by atoms with Gasteiger partial charge in [0.1, 0.15) is 23.7 Å². The van der Waals surface area contributed by atoms with Crippen LogP contribution in [0.3, 0.4) is 0 Å². The molecule has 0 spiro atoms. The van der Waals surface area contributed by atoms with Gasteiger partial charge in [-0.15, -0.1) is 22.7 Å². The van der Waals surface area contributed by atoms with Crippen LogP contribution in [0.1, 0.15) is 41.6 Å². The van der Waals surface area contributed by atoms with Gasteiger partial charge in [-0.05, 0) is 47.9 Å². The summed E-state index contributed by atoms with van der Waals surface area (Å²) in [5, 5.41) is 15.6. The van der Waals surface area contributed by atoms with Gasteiger partial charge in [-0.2, -0.15) is 0 Å². The molecule has 0 aliphatic rings. The van der Waals surface area contributed by atoms with Gasteiger partial charge in [0.15, 0.2) is 5.13 Å². The average Bonchev–Trinajstić information content (AvgIpc) is 3.50. The number of methoxy groups -OCH3 is 1. The van der Waals surface area contributed by atoms with E-state index in [1.54, 1.807) is 30.7 Å². The van der Waals surface area contributed by atoms with Crippen molar-refractivity contribution in [3.8, 4) is 27.4 Å². The first kappa shape index (κ1) is 26.8. The first-order valence-corrected chi connectivity index (χ1v) is 13.6. The number of thiazole rings is 1. The van der Waals surface area contributed by atoms with Gasteiger partial charge in [0, 0.05) is 34.2 Å². The lowest BCUT2D eigenvalue weighted by molar-refractivity contribution is 0.0697. The number of anilines is 2. The van der Waals surface area contributed by atoms with E-state index < -0.39 is 5.97 Å². The van der Waals surface area contributed by atoms with Crippen molar-refractivity contribution in [1.82, 2.24) is 9.97 Å². The summed E-state index contributed by atoms with van der Waals surface area (Å²) < 4.78 is 11.0. The molecule has 3 aromatic heterocycles. The first-order chi connectivity index (χ1) is 17.6. The van der Waals surface area contributed by atoms with E-state index in [1.165, 1.54) is 11.3 Å². The van der Waals surface area contributed by atoms with Crippen molar-refractivity contribution < 1.29 is 19.4 Å². The predicted octanol–water partition coefficient (Wildman–Crippen LogP) is 7.30. The van der Waals surface area contributed by atoms with Gasteiger partial charge in [0.25, 0.3) is 0 Å². The Morgan fingerprint density at radius 2 is 1.95 bits per heavy atom. The number of pyridine rings is 1. The number of carboxylic acid groups (broad SMARTS) is 1. The largest absolute Gasteiger partial charge is 0.491 e. The zero-order valence-corrected chi connectivity index (χ0v) is 23.3. The van der Waals surface area contributed by atoms with Crippen LogP contribution in [0.25, 0.3) is 21.7 Å². The van der Waals surface area contributed by atoms with Crippen LogP contribution in [-0.4, -0.2) is 41.4 Å². The smallest absolute Gasteiger partial charge is 0.339 e. The summed E-state index contributed by atoms with van der Waals surface area (Å²) >= 11 is 3.06. The van der Waals surface area contributed by atoms with Gasteiger partial charge in [0.2, 0.25) is 0 Å². The van der Waals surface area contributed by atoms with E-state index in [0.717, 1.165) is 44.3 Å². The summed E-state index contributed by atoms with van der Waals surface area (Å²) in [7, 11) is 1.65. The van der Waals surface area contributed by atoms with E-state index in [2.05, 4.69) is 31.1 Å². The van der Waals surface area contributed by atoms with Gasteiger partial charge in [-0.25, -0.2) is 14.8 Å². The fraction of sp³-hybridized carbons (Fsp3) is 0.321. The molecule has 0 aliphatic heterocycles. The highest BCUT2D eigenvalue weighted by Crippen LogP contribution is 2.39. The second-order valence-electron chi connectivity index (χ2n) is 9.88. The molecule has 9 heteroatoms. The maximum atomic E-state index is 12.1. The third-order valence-corrected chi connectivity index (χ3v) is 7.43. The minimum absolute atomic E-state index is 0.0356. The molecule has 4 aromatic rings. The Bertz CT molecular complexity index is 1370. The van der Waals surface area contributed by atoms with Crippen molar-refractivity contribution in [2.24, 2.45) is 5.41 Å². The van der Waals surface area contributed by atoms with Crippen LogP contribution in [0.15, 0.2) is 48.0 Å². The third-order valence-electron chi connectivity index (χ3n) is 5.54. The van der Waals surface area contributed by atoms with Crippen molar-refractivity contribution in [3.63, 3.8) is 0 Å². The summed E-state index contributed by atoms with van der Waals surface area (Å²) in [6.45, 7) is 9.54.